The summed E-state index contributed by atoms with van der Waals surface area (Å²) >= 11 is 0. The molecular weight excluding hydrogens is 110 g/mol. The fraction of sp³-hybridized carbons (Fsp3) is 0.667. The largest absolute Gasteiger partial charge is 0.371 e. The number of nitrogens with two attached hydrogens (primary N) is 3. The summed E-state index contributed by atoms with van der Waals surface area (Å²) in [6.45, 7) is 1.29. The van der Waals surface area contributed by atoms with Gasteiger partial charge in [0, 0.05) is 0 Å². The van der Waals surface area contributed by atoms with Crippen LogP contribution >= 0.6 is 0 Å². The first-order valence-electron chi connectivity index (χ1n) is 1.97. The Morgan fingerprint density at radius 3 is 2.00 bits per heavy atom. The SMILES string of the molecule is CC(N)(N)C(=O)ON. The molecule has 5 nitrogen and oxygen atoms in total. The highest BCUT2D eigenvalue weighted by atomic mass is 16.7. The van der Waals surface area contributed by atoms with Crippen molar-refractivity contribution in [1.82, 2.24) is 0 Å². The van der Waals surface area contributed by atoms with Crippen molar-refractivity contribution in [3.8, 4) is 0 Å². The van der Waals surface area contributed by atoms with Gasteiger partial charge in [0.25, 0.3) is 0 Å². The van der Waals surface area contributed by atoms with Gasteiger partial charge in [0.1, 0.15) is 0 Å². The Hall–Kier alpha value is -0.650. The van der Waals surface area contributed by atoms with Crippen LogP contribution in [0.5, 0.6) is 0 Å². The molecule has 0 unspecified atom stereocenters. The van der Waals surface area contributed by atoms with E-state index in [0.717, 1.165) is 0 Å². The minimum atomic E-state index is -1.48. The molecule has 0 rings (SSSR count). The summed E-state index contributed by atoms with van der Waals surface area (Å²) in [4.78, 5) is 14.0. The normalized spacial score (nSPS) is 11.0. The summed E-state index contributed by atoms with van der Waals surface area (Å²) in [5.74, 6) is 3.61. The molecule has 0 atom stereocenters. The molecule has 0 aliphatic carbocycles. The van der Waals surface area contributed by atoms with Crippen molar-refractivity contribution in [2.75, 3.05) is 0 Å². The van der Waals surface area contributed by atoms with Gasteiger partial charge in [0.05, 0.1) is 0 Å². The van der Waals surface area contributed by atoms with Crippen molar-refractivity contribution in [1.29, 1.82) is 0 Å². The molecule has 0 fully saturated rings. The van der Waals surface area contributed by atoms with E-state index in [1.54, 1.807) is 0 Å². The second-order valence-corrected chi connectivity index (χ2v) is 1.69. The average Bonchev–Trinajstić information content (AvgIpc) is 1.62. The van der Waals surface area contributed by atoms with E-state index < -0.39 is 11.6 Å². The third-order valence-electron chi connectivity index (χ3n) is 0.547. The molecule has 0 saturated carbocycles. The molecule has 0 aliphatic heterocycles. The third-order valence-corrected chi connectivity index (χ3v) is 0.547. The highest BCUT2D eigenvalue weighted by Gasteiger charge is 2.23. The van der Waals surface area contributed by atoms with Crippen LogP contribution in [0.25, 0.3) is 0 Å². The molecule has 48 valence electrons. The van der Waals surface area contributed by atoms with E-state index in [1.807, 2.05) is 0 Å². The van der Waals surface area contributed by atoms with Gasteiger partial charge >= 0.3 is 5.97 Å². The first-order chi connectivity index (χ1) is 3.48. The zero-order valence-electron chi connectivity index (χ0n) is 4.55. The van der Waals surface area contributed by atoms with Gasteiger partial charge in [0.2, 0.25) is 0 Å². The molecule has 0 spiro atoms. The van der Waals surface area contributed by atoms with Crippen LogP contribution < -0.4 is 17.4 Å². The van der Waals surface area contributed by atoms with Crippen LogP contribution in [0.3, 0.4) is 0 Å². The summed E-state index contributed by atoms with van der Waals surface area (Å²) in [6.07, 6.45) is 0. The standard InChI is InChI=1S/C3H9N3O2/c1-3(4,5)2(7)8-6/h4-6H2,1H3. The highest BCUT2D eigenvalue weighted by Crippen LogP contribution is 1.87. The Bertz CT molecular complexity index is 95.2. The molecule has 0 aromatic heterocycles. The zero-order chi connectivity index (χ0) is 6.78. The van der Waals surface area contributed by atoms with Crippen LogP contribution in [0.2, 0.25) is 0 Å². The minimum absolute atomic E-state index is 0.836. The van der Waals surface area contributed by atoms with Crippen LogP contribution in [0, 0.1) is 0 Å². The van der Waals surface area contributed by atoms with E-state index in [2.05, 4.69) is 10.7 Å². The molecule has 0 bridgehead atoms. The van der Waals surface area contributed by atoms with Crippen molar-refractivity contribution in [2.45, 2.75) is 12.6 Å². The van der Waals surface area contributed by atoms with E-state index >= 15 is 0 Å². The summed E-state index contributed by atoms with van der Waals surface area (Å²) in [5.41, 5.74) is 8.55. The Labute approximate surface area is 46.7 Å². The predicted molar refractivity (Wildman–Crippen MR) is 27.1 cm³/mol. The van der Waals surface area contributed by atoms with E-state index in [1.165, 1.54) is 6.92 Å². The van der Waals surface area contributed by atoms with Crippen molar-refractivity contribution in [2.24, 2.45) is 17.4 Å². The number of rotatable bonds is 1. The molecule has 0 saturated heterocycles. The van der Waals surface area contributed by atoms with Gasteiger partial charge in [-0.3, -0.25) is 0 Å². The van der Waals surface area contributed by atoms with Crippen molar-refractivity contribution in [3.63, 3.8) is 0 Å². The Kier molecular flexibility index (Phi) is 1.91. The quantitative estimate of drug-likeness (QED) is 0.274. The predicted octanol–water partition coefficient (Wildman–Crippen LogP) is -1.96. The van der Waals surface area contributed by atoms with E-state index in [4.69, 9.17) is 11.5 Å². The fourth-order valence-corrected chi connectivity index (χ4v) is 0.127. The lowest BCUT2D eigenvalue weighted by molar-refractivity contribution is -0.149. The maximum Gasteiger partial charge on any atom is 0.359 e. The van der Waals surface area contributed by atoms with Gasteiger partial charge in [-0.05, 0) is 6.92 Å². The van der Waals surface area contributed by atoms with E-state index in [9.17, 15) is 4.79 Å². The van der Waals surface area contributed by atoms with Gasteiger partial charge in [-0.25, -0.2) is 4.79 Å². The Balaban J connectivity index is 3.82. The van der Waals surface area contributed by atoms with Crippen LogP contribution in [-0.2, 0) is 9.63 Å². The number of hydrogen-bond donors (Lipinski definition) is 3. The first kappa shape index (κ1) is 7.35. The van der Waals surface area contributed by atoms with E-state index in [0.29, 0.717) is 0 Å². The van der Waals surface area contributed by atoms with Crippen LogP contribution in [0.15, 0.2) is 0 Å². The monoisotopic (exact) mass is 119 g/mol. The summed E-state index contributed by atoms with van der Waals surface area (Å²) in [7, 11) is 0. The average molecular weight is 119 g/mol. The summed E-state index contributed by atoms with van der Waals surface area (Å²) < 4.78 is 0. The lowest BCUT2D eigenvalue weighted by Crippen LogP contribution is -2.55. The smallest absolute Gasteiger partial charge is 0.359 e. The van der Waals surface area contributed by atoms with Gasteiger partial charge in [-0.2, -0.15) is 5.90 Å². The van der Waals surface area contributed by atoms with Crippen molar-refractivity contribution >= 4 is 5.97 Å². The highest BCUT2D eigenvalue weighted by molar-refractivity contribution is 5.78. The maximum atomic E-state index is 10.2. The molecule has 0 amide bonds. The fourth-order valence-electron chi connectivity index (χ4n) is 0.127. The molecule has 5 heteroatoms. The lowest BCUT2D eigenvalue weighted by atomic mass is 10.2. The molecule has 0 aromatic carbocycles. The number of carbonyl (C=O) groups is 1. The van der Waals surface area contributed by atoms with Crippen LogP contribution in [0.4, 0.5) is 0 Å². The molecular formula is C3H9N3O2. The van der Waals surface area contributed by atoms with Crippen molar-refractivity contribution < 1.29 is 9.63 Å². The van der Waals surface area contributed by atoms with Gasteiger partial charge in [-0.1, -0.05) is 0 Å². The van der Waals surface area contributed by atoms with E-state index in [-0.39, 0.29) is 0 Å². The van der Waals surface area contributed by atoms with Crippen molar-refractivity contribution in [3.05, 3.63) is 0 Å². The van der Waals surface area contributed by atoms with Gasteiger partial charge < -0.3 is 16.3 Å². The Morgan fingerprint density at radius 2 is 2.00 bits per heavy atom. The topological polar surface area (TPSA) is 104 Å². The van der Waals surface area contributed by atoms with Crippen LogP contribution in [-0.4, -0.2) is 11.6 Å². The van der Waals surface area contributed by atoms with Gasteiger partial charge in [-0.15, -0.1) is 0 Å². The molecule has 0 radical (unpaired) electrons. The summed E-state index contributed by atoms with van der Waals surface area (Å²) in [5, 5.41) is 0. The molecule has 6 N–H and O–H groups in total. The zero-order valence-corrected chi connectivity index (χ0v) is 4.55. The second kappa shape index (κ2) is 2.08. The minimum Gasteiger partial charge on any atom is -0.371 e. The van der Waals surface area contributed by atoms with Gasteiger partial charge in [0.15, 0.2) is 5.66 Å². The molecule has 0 aromatic rings. The molecule has 0 aliphatic rings. The lowest BCUT2D eigenvalue weighted by Gasteiger charge is -2.12. The third kappa shape index (κ3) is 1.87. The molecule has 8 heavy (non-hydrogen) atoms. The number of carbonyl (C=O) groups excluding carboxylic acids is 1. The second-order valence-electron chi connectivity index (χ2n) is 1.69. The number of hydrogen-bond acceptors (Lipinski definition) is 5. The molecule has 0 heterocycles. The summed E-state index contributed by atoms with van der Waals surface area (Å²) in [6, 6.07) is 0. The Morgan fingerprint density at radius 1 is 1.62 bits per heavy atom. The maximum absolute atomic E-state index is 10.2. The first-order valence-corrected chi connectivity index (χ1v) is 1.97. The van der Waals surface area contributed by atoms with Crippen LogP contribution in [0.1, 0.15) is 6.92 Å².